The second-order valence-electron chi connectivity index (χ2n) is 7.10. The maximum Gasteiger partial charge on any atom is 0.123 e. The van der Waals surface area contributed by atoms with Crippen LogP contribution in [-0.4, -0.2) is 24.5 Å². The molecule has 112 valence electrons. The molecule has 2 N–H and O–H groups in total. The molecule has 1 heterocycles. The second-order valence-corrected chi connectivity index (χ2v) is 7.10. The normalized spacial score (nSPS) is 22.2. The summed E-state index contributed by atoms with van der Waals surface area (Å²) in [6.07, 6.45) is 1.20. The van der Waals surface area contributed by atoms with Crippen LogP contribution in [0.3, 0.4) is 0 Å². The fourth-order valence-corrected chi connectivity index (χ4v) is 3.22. The van der Waals surface area contributed by atoms with Gasteiger partial charge in [0, 0.05) is 19.1 Å². The maximum atomic E-state index is 13.5. The van der Waals surface area contributed by atoms with Gasteiger partial charge in [0.15, 0.2) is 0 Å². The van der Waals surface area contributed by atoms with E-state index < -0.39 is 0 Å². The van der Waals surface area contributed by atoms with Crippen LogP contribution in [0.15, 0.2) is 18.2 Å². The first-order chi connectivity index (χ1) is 9.32. The van der Waals surface area contributed by atoms with Crippen molar-refractivity contribution in [3.63, 3.8) is 0 Å². The summed E-state index contributed by atoms with van der Waals surface area (Å²) in [5.74, 6) is 0.515. The second kappa shape index (κ2) is 5.82. The standard InChI is InChI=1S/C17H27FN2/c1-12-5-6-14(18)9-15(12)16(10-19)20-8-7-13(11-20)17(2,3)4/h5-6,9,13,16H,7-8,10-11,19H2,1-4H3. The van der Waals surface area contributed by atoms with Crippen molar-refractivity contribution in [1.29, 1.82) is 0 Å². The van der Waals surface area contributed by atoms with E-state index in [9.17, 15) is 4.39 Å². The van der Waals surface area contributed by atoms with Crippen molar-refractivity contribution >= 4 is 0 Å². The number of likely N-dealkylation sites (tertiary alicyclic amines) is 1. The zero-order chi connectivity index (χ0) is 14.9. The molecular weight excluding hydrogens is 251 g/mol. The minimum atomic E-state index is -0.171. The molecule has 1 aliphatic heterocycles. The average molecular weight is 278 g/mol. The molecule has 0 radical (unpaired) electrons. The average Bonchev–Trinajstić information content (AvgIpc) is 2.84. The van der Waals surface area contributed by atoms with E-state index in [0.717, 1.165) is 24.2 Å². The van der Waals surface area contributed by atoms with Gasteiger partial charge in [0.2, 0.25) is 0 Å². The van der Waals surface area contributed by atoms with Crippen molar-refractivity contribution in [2.24, 2.45) is 17.1 Å². The molecule has 1 aromatic rings. The van der Waals surface area contributed by atoms with Crippen molar-refractivity contribution in [2.75, 3.05) is 19.6 Å². The molecule has 2 unspecified atom stereocenters. The van der Waals surface area contributed by atoms with Crippen molar-refractivity contribution in [3.8, 4) is 0 Å². The van der Waals surface area contributed by atoms with E-state index >= 15 is 0 Å². The zero-order valence-electron chi connectivity index (χ0n) is 13.1. The quantitative estimate of drug-likeness (QED) is 0.917. The van der Waals surface area contributed by atoms with Crippen LogP contribution in [0.2, 0.25) is 0 Å². The van der Waals surface area contributed by atoms with Gasteiger partial charge in [0.05, 0.1) is 0 Å². The molecule has 0 bridgehead atoms. The summed E-state index contributed by atoms with van der Waals surface area (Å²) in [6, 6.07) is 5.16. The van der Waals surface area contributed by atoms with E-state index in [-0.39, 0.29) is 11.9 Å². The predicted octanol–water partition coefficient (Wildman–Crippen LogP) is 3.50. The number of nitrogens with zero attached hydrogens (tertiary/aromatic N) is 1. The van der Waals surface area contributed by atoms with E-state index in [0.29, 0.717) is 17.9 Å². The first-order valence-corrected chi connectivity index (χ1v) is 7.53. The van der Waals surface area contributed by atoms with Gasteiger partial charge >= 0.3 is 0 Å². The van der Waals surface area contributed by atoms with Gasteiger partial charge < -0.3 is 5.73 Å². The Bertz CT molecular complexity index is 465. The molecule has 3 heteroatoms. The van der Waals surface area contributed by atoms with Crippen LogP contribution in [-0.2, 0) is 0 Å². The minimum Gasteiger partial charge on any atom is -0.329 e. The molecule has 20 heavy (non-hydrogen) atoms. The Hall–Kier alpha value is -0.930. The first kappa shape index (κ1) is 15.5. The van der Waals surface area contributed by atoms with E-state index in [1.807, 2.05) is 13.0 Å². The first-order valence-electron chi connectivity index (χ1n) is 7.53. The van der Waals surface area contributed by atoms with Crippen LogP contribution in [0.25, 0.3) is 0 Å². The number of nitrogens with two attached hydrogens (primary N) is 1. The summed E-state index contributed by atoms with van der Waals surface area (Å²) in [4.78, 5) is 2.43. The number of aryl methyl sites for hydroxylation is 1. The predicted molar refractivity (Wildman–Crippen MR) is 82.1 cm³/mol. The maximum absolute atomic E-state index is 13.5. The Labute approximate surface area is 122 Å². The SMILES string of the molecule is Cc1ccc(F)cc1C(CN)N1CCC(C(C)(C)C)C1. The molecule has 2 nitrogen and oxygen atoms in total. The molecule has 2 rings (SSSR count). The monoisotopic (exact) mass is 278 g/mol. The Kier molecular flexibility index (Phi) is 4.50. The fourth-order valence-electron chi connectivity index (χ4n) is 3.22. The highest BCUT2D eigenvalue weighted by Crippen LogP contribution is 2.37. The Balaban J connectivity index is 2.20. The van der Waals surface area contributed by atoms with Crippen molar-refractivity contribution in [1.82, 2.24) is 4.90 Å². The molecule has 0 aromatic heterocycles. The summed E-state index contributed by atoms with van der Waals surface area (Å²) in [6.45, 7) is 11.6. The lowest BCUT2D eigenvalue weighted by Crippen LogP contribution is -2.34. The molecule has 0 saturated carbocycles. The Morgan fingerprint density at radius 2 is 2.10 bits per heavy atom. The lowest BCUT2D eigenvalue weighted by Gasteiger charge is -2.31. The molecular formula is C17H27FN2. The fraction of sp³-hybridized carbons (Fsp3) is 0.647. The number of benzene rings is 1. The molecule has 0 amide bonds. The summed E-state index contributed by atoms with van der Waals surface area (Å²) in [5, 5.41) is 0. The molecule has 1 aromatic carbocycles. The van der Waals surface area contributed by atoms with Crippen molar-refractivity contribution in [2.45, 2.75) is 40.2 Å². The van der Waals surface area contributed by atoms with Gasteiger partial charge in [-0.1, -0.05) is 26.8 Å². The lowest BCUT2D eigenvalue weighted by atomic mass is 9.80. The van der Waals surface area contributed by atoms with Gasteiger partial charge in [-0.05, 0) is 54.5 Å². The lowest BCUT2D eigenvalue weighted by molar-refractivity contribution is 0.197. The van der Waals surface area contributed by atoms with E-state index in [1.54, 1.807) is 6.07 Å². The largest absolute Gasteiger partial charge is 0.329 e. The number of hydrogen-bond acceptors (Lipinski definition) is 2. The Morgan fingerprint density at radius 1 is 1.40 bits per heavy atom. The summed E-state index contributed by atoms with van der Waals surface area (Å²) in [5.41, 5.74) is 8.49. The van der Waals surface area contributed by atoms with Gasteiger partial charge in [-0.15, -0.1) is 0 Å². The third-order valence-corrected chi connectivity index (χ3v) is 4.71. The third-order valence-electron chi connectivity index (χ3n) is 4.71. The summed E-state index contributed by atoms with van der Waals surface area (Å²) in [7, 11) is 0. The smallest absolute Gasteiger partial charge is 0.123 e. The van der Waals surface area contributed by atoms with Gasteiger partial charge in [-0.2, -0.15) is 0 Å². The molecule has 0 spiro atoms. The molecule has 0 aliphatic carbocycles. The summed E-state index contributed by atoms with van der Waals surface area (Å²) >= 11 is 0. The Morgan fingerprint density at radius 3 is 2.65 bits per heavy atom. The van der Waals surface area contributed by atoms with Gasteiger partial charge in [-0.25, -0.2) is 4.39 Å². The van der Waals surface area contributed by atoms with Crippen LogP contribution >= 0.6 is 0 Å². The van der Waals surface area contributed by atoms with Gasteiger partial charge in [0.1, 0.15) is 5.82 Å². The number of rotatable bonds is 3. The van der Waals surface area contributed by atoms with Gasteiger partial charge in [-0.3, -0.25) is 4.90 Å². The third kappa shape index (κ3) is 3.21. The van der Waals surface area contributed by atoms with E-state index in [2.05, 4.69) is 25.7 Å². The number of hydrogen-bond donors (Lipinski definition) is 1. The van der Waals surface area contributed by atoms with E-state index in [1.165, 1.54) is 12.5 Å². The summed E-state index contributed by atoms with van der Waals surface area (Å²) < 4.78 is 13.5. The molecule has 1 saturated heterocycles. The van der Waals surface area contributed by atoms with Crippen LogP contribution < -0.4 is 5.73 Å². The van der Waals surface area contributed by atoms with Crippen molar-refractivity contribution < 1.29 is 4.39 Å². The van der Waals surface area contributed by atoms with Crippen LogP contribution in [0.4, 0.5) is 4.39 Å². The van der Waals surface area contributed by atoms with Crippen LogP contribution in [0.1, 0.15) is 44.4 Å². The zero-order valence-corrected chi connectivity index (χ0v) is 13.1. The minimum absolute atomic E-state index is 0.137. The highest BCUT2D eigenvalue weighted by molar-refractivity contribution is 5.30. The van der Waals surface area contributed by atoms with Crippen LogP contribution in [0.5, 0.6) is 0 Å². The highest BCUT2D eigenvalue weighted by Gasteiger charge is 2.35. The van der Waals surface area contributed by atoms with Crippen molar-refractivity contribution in [3.05, 3.63) is 35.1 Å². The van der Waals surface area contributed by atoms with Gasteiger partial charge in [0.25, 0.3) is 0 Å². The van der Waals surface area contributed by atoms with E-state index in [4.69, 9.17) is 5.73 Å². The molecule has 1 aliphatic rings. The molecule has 2 atom stereocenters. The number of halogens is 1. The highest BCUT2D eigenvalue weighted by atomic mass is 19.1. The van der Waals surface area contributed by atoms with Crippen LogP contribution in [0, 0.1) is 24.1 Å². The topological polar surface area (TPSA) is 29.3 Å². The molecule has 1 fully saturated rings.